The predicted octanol–water partition coefficient (Wildman–Crippen LogP) is 2.08. The van der Waals surface area contributed by atoms with Gasteiger partial charge in [-0.15, -0.1) is 0 Å². The van der Waals surface area contributed by atoms with Crippen LogP contribution in [-0.4, -0.2) is 35.2 Å². The number of nitrogens with zero attached hydrogens (tertiary/aromatic N) is 1. The quantitative estimate of drug-likeness (QED) is 0.801. The summed E-state index contributed by atoms with van der Waals surface area (Å²) >= 11 is 0. The van der Waals surface area contributed by atoms with Crippen molar-refractivity contribution in [2.45, 2.75) is 29.5 Å². The number of pyridine rings is 1. The van der Waals surface area contributed by atoms with Gasteiger partial charge in [-0.05, 0) is 43.2 Å². The van der Waals surface area contributed by atoms with Crippen molar-refractivity contribution >= 4 is 19.7 Å². The van der Waals surface area contributed by atoms with Crippen molar-refractivity contribution in [1.82, 2.24) is 4.98 Å². The topological polar surface area (TPSA) is 90.4 Å². The molecule has 130 valence electrons. The normalized spacial score (nSPS) is 12.2. The molecule has 24 heavy (non-hydrogen) atoms. The molecule has 1 aromatic carbocycles. The highest BCUT2D eigenvalue weighted by Gasteiger charge is 2.28. The Morgan fingerprint density at radius 1 is 1.04 bits per heavy atom. The maximum Gasteiger partial charge on any atom is 0.201 e. The molecule has 0 amide bonds. The van der Waals surface area contributed by atoms with Crippen molar-refractivity contribution in [2.75, 3.05) is 13.4 Å². The molecule has 6 nitrogen and oxygen atoms in total. The Labute approximate surface area is 142 Å². The van der Waals surface area contributed by atoms with Gasteiger partial charge in [0.1, 0.15) is 10.6 Å². The second-order valence-electron chi connectivity index (χ2n) is 5.59. The first kappa shape index (κ1) is 18.4. The molecule has 2 aromatic rings. The number of hydrogen-bond acceptors (Lipinski definition) is 6. The summed E-state index contributed by atoms with van der Waals surface area (Å²) in [6.45, 7) is 3.20. The van der Waals surface area contributed by atoms with E-state index in [-0.39, 0.29) is 10.6 Å². The third-order valence-corrected chi connectivity index (χ3v) is 6.42. The summed E-state index contributed by atoms with van der Waals surface area (Å²) in [5.74, 6) is 0.271. The van der Waals surface area contributed by atoms with Gasteiger partial charge in [0.2, 0.25) is 9.84 Å². The lowest BCUT2D eigenvalue weighted by atomic mass is 10.2. The van der Waals surface area contributed by atoms with Gasteiger partial charge in [0.25, 0.3) is 0 Å². The minimum absolute atomic E-state index is 0.235. The number of hydrogen-bond donors (Lipinski definition) is 0. The molecule has 0 unspecified atom stereocenters. The average molecular weight is 369 g/mol. The SMILES string of the molecule is COc1ccc(CS(=O)(=O)c2nc(C)cc(C)c2S(C)(=O)=O)cc1. The molecule has 0 saturated heterocycles. The van der Waals surface area contributed by atoms with E-state index in [0.29, 0.717) is 22.6 Å². The number of aryl methyl sites for hydroxylation is 2. The highest BCUT2D eigenvalue weighted by Crippen LogP contribution is 2.27. The van der Waals surface area contributed by atoms with Gasteiger partial charge in [0.05, 0.1) is 12.9 Å². The molecule has 0 fully saturated rings. The molecule has 0 aliphatic heterocycles. The minimum Gasteiger partial charge on any atom is -0.497 e. The van der Waals surface area contributed by atoms with Crippen LogP contribution in [0.5, 0.6) is 5.75 Å². The fourth-order valence-corrected chi connectivity index (χ4v) is 5.80. The zero-order valence-corrected chi connectivity index (χ0v) is 15.5. The van der Waals surface area contributed by atoms with Gasteiger partial charge in [-0.3, -0.25) is 0 Å². The molecule has 8 heteroatoms. The van der Waals surface area contributed by atoms with E-state index in [0.717, 1.165) is 6.26 Å². The molecule has 0 aliphatic carbocycles. The Balaban J connectivity index is 2.56. The Morgan fingerprint density at radius 2 is 1.62 bits per heavy atom. The van der Waals surface area contributed by atoms with Crippen LogP contribution >= 0.6 is 0 Å². The Kier molecular flexibility index (Phi) is 5.00. The standard InChI is InChI=1S/C16H19NO5S2/c1-11-9-12(2)17-16(15(11)23(4,18)19)24(20,21)10-13-5-7-14(22-3)8-6-13/h5-9H,10H2,1-4H3. The van der Waals surface area contributed by atoms with Crippen molar-refractivity contribution in [1.29, 1.82) is 0 Å². The summed E-state index contributed by atoms with van der Waals surface area (Å²) in [4.78, 5) is 3.78. The van der Waals surface area contributed by atoms with E-state index in [9.17, 15) is 16.8 Å². The molecular formula is C16H19NO5S2. The number of ether oxygens (including phenoxy) is 1. The Bertz CT molecular complexity index is 962. The van der Waals surface area contributed by atoms with E-state index in [1.807, 2.05) is 0 Å². The van der Waals surface area contributed by atoms with Gasteiger partial charge in [0.15, 0.2) is 14.9 Å². The fraction of sp³-hybridized carbons (Fsp3) is 0.312. The molecule has 0 spiro atoms. The van der Waals surface area contributed by atoms with E-state index in [4.69, 9.17) is 4.74 Å². The summed E-state index contributed by atoms with van der Waals surface area (Å²) in [7, 11) is -6.13. The third-order valence-electron chi connectivity index (χ3n) is 3.44. The highest BCUT2D eigenvalue weighted by atomic mass is 32.2. The number of methoxy groups -OCH3 is 1. The summed E-state index contributed by atoms with van der Waals surface area (Å²) in [5.41, 5.74) is 1.35. The smallest absolute Gasteiger partial charge is 0.201 e. The predicted molar refractivity (Wildman–Crippen MR) is 90.7 cm³/mol. The summed E-state index contributed by atoms with van der Waals surface area (Å²) in [6.07, 6.45) is 0.985. The monoisotopic (exact) mass is 369 g/mol. The second-order valence-corrected chi connectivity index (χ2v) is 9.45. The molecule has 0 saturated carbocycles. The first-order chi connectivity index (χ1) is 11.0. The van der Waals surface area contributed by atoms with Gasteiger partial charge in [-0.2, -0.15) is 0 Å². The lowest BCUT2D eigenvalue weighted by molar-refractivity contribution is 0.414. The van der Waals surface area contributed by atoms with Crippen molar-refractivity contribution < 1.29 is 21.6 Å². The van der Waals surface area contributed by atoms with Crippen molar-refractivity contribution in [2.24, 2.45) is 0 Å². The van der Waals surface area contributed by atoms with Crippen molar-refractivity contribution in [3.63, 3.8) is 0 Å². The molecule has 0 bridgehead atoms. The molecule has 0 radical (unpaired) electrons. The van der Waals surface area contributed by atoms with E-state index < -0.39 is 24.7 Å². The second kappa shape index (κ2) is 6.52. The lowest BCUT2D eigenvalue weighted by Crippen LogP contribution is -2.15. The van der Waals surface area contributed by atoms with Crippen LogP contribution in [0.25, 0.3) is 0 Å². The van der Waals surface area contributed by atoms with Crippen LogP contribution in [0, 0.1) is 13.8 Å². The van der Waals surface area contributed by atoms with E-state index in [1.165, 1.54) is 7.11 Å². The van der Waals surface area contributed by atoms with Crippen LogP contribution in [0.15, 0.2) is 40.3 Å². The van der Waals surface area contributed by atoms with Crippen molar-refractivity contribution in [3.8, 4) is 5.75 Å². The highest BCUT2D eigenvalue weighted by molar-refractivity contribution is 7.93. The van der Waals surface area contributed by atoms with Gasteiger partial charge in [-0.1, -0.05) is 12.1 Å². The minimum atomic E-state index is -3.92. The van der Waals surface area contributed by atoms with E-state index in [2.05, 4.69) is 4.98 Å². The van der Waals surface area contributed by atoms with Crippen LogP contribution in [0.4, 0.5) is 0 Å². The third kappa shape index (κ3) is 3.93. The van der Waals surface area contributed by atoms with Gasteiger partial charge in [-0.25, -0.2) is 21.8 Å². The summed E-state index contributed by atoms with van der Waals surface area (Å²) in [5, 5.41) is -0.390. The number of sulfone groups is 2. The zero-order valence-electron chi connectivity index (χ0n) is 13.9. The van der Waals surface area contributed by atoms with Crippen LogP contribution in [0.2, 0.25) is 0 Å². The zero-order chi connectivity index (χ0) is 18.1. The van der Waals surface area contributed by atoms with E-state index in [1.54, 1.807) is 44.2 Å². The maximum absolute atomic E-state index is 12.8. The molecular weight excluding hydrogens is 350 g/mol. The molecule has 0 atom stereocenters. The molecule has 1 aromatic heterocycles. The van der Waals surface area contributed by atoms with Crippen LogP contribution in [0.3, 0.4) is 0 Å². The van der Waals surface area contributed by atoms with Crippen LogP contribution in [-0.2, 0) is 25.4 Å². The summed E-state index contributed by atoms with van der Waals surface area (Å²) in [6, 6.07) is 8.11. The Hall–Kier alpha value is -1.93. The maximum atomic E-state index is 12.8. The largest absolute Gasteiger partial charge is 0.497 e. The van der Waals surface area contributed by atoms with Gasteiger partial charge >= 0.3 is 0 Å². The van der Waals surface area contributed by atoms with Crippen LogP contribution < -0.4 is 4.74 Å². The molecule has 2 rings (SSSR count). The van der Waals surface area contributed by atoms with Crippen molar-refractivity contribution in [3.05, 3.63) is 47.2 Å². The summed E-state index contributed by atoms with van der Waals surface area (Å²) < 4.78 is 54.7. The lowest BCUT2D eigenvalue weighted by Gasteiger charge is -2.12. The number of rotatable bonds is 5. The first-order valence-corrected chi connectivity index (χ1v) is 10.6. The molecule has 1 heterocycles. The van der Waals surface area contributed by atoms with Crippen LogP contribution in [0.1, 0.15) is 16.8 Å². The molecule has 0 aliphatic rings. The molecule has 0 N–H and O–H groups in total. The number of aromatic nitrogens is 1. The average Bonchev–Trinajstić information content (AvgIpc) is 2.45. The fourth-order valence-electron chi connectivity index (χ4n) is 2.46. The van der Waals surface area contributed by atoms with Gasteiger partial charge < -0.3 is 4.74 Å². The van der Waals surface area contributed by atoms with Gasteiger partial charge in [0, 0.05) is 11.9 Å². The van der Waals surface area contributed by atoms with E-state index >= 15 is 0 Å². The first-order valence-electron chi connectivity index (χ1n) is 7.08. The number of benzene rings is 1. The Morgan fingerprint density at radius 3 is 2.12 bits per heavy atom.